The van der Waals surface area contributed by atoms with Crippen molar-refractivity contribution in [2.75, 3.05) is 11.9 Å². The Morgan fingerprint density at radius 3 is 2.67 bits per heavy atom. The monoisotopic (exact) mass is 343 g/mol. The van der Waals surface area contributed by atoms with Gasteiger partial charge in [-0.2, -0.15) is 0 Å². The van der Waals surface area contributed by atoms with Crippen LogP contribution in [0.1, 0.15) is 41.3 Å². The normalized spacial score (nSPS) is 13.6. The highest BCUT2D eigenvalue weighted by Crippen LogP contribution is 2.39. The summed E-state index contributed by atoms with van der Waals surface area (Å²) in [6, 6.07) is 6.15. The van der Waals surface area contributed by atoms with Crippen LogP contribution in [0.4, 0.5) is 5.00 Å². The van der Waals surface area contributed by atoms with Crippen LogP contribution in [-0.4, -0.2) is 18.5 Å². The Bertz CT molecular complexity index is 790. The molecule has 1 fully saturated rings. The average molecular weight is 343 g/mol. The number of rotatable bonds is 5. The molecule has 1 aliphatic carbocycles. The van der Waals surface area contributed by atoms with Crippen molar-refractivity contribution in [3.63, 3.8) is 0 Å². The van der Waals surface area contributed by atoms with Gasteiger partial charge in [0.2, 0.25) is 5.91 Å². The fourth-order valence-electron chi connectivity index (χ4n) is 2.64. The summed E-state index contributed by atoms with van der Waals surface area (Å²) in [7, 11) is 0. The van der Waals surface area contributed by atoms with Crippen molar-refractivity contribution in [2.24, 2.45) is 5.92 Å². The van der Waals surface area contributed by atoms with Gasteiger partial charge in [0.1, 0.15) is 10.6 Å². The van der Waals surface area contributed by atoms with Crippen molar-refractivity contribution in [2.45, 2.75) is 33.6 Å². The number of benzene rings is 1. The Labute approximate surface area is 145 Å². The zero-order valence-electron chi connectivity index (χ0n) is 14.1. The van der Waals surface area contributed by atoms with E-state index in [-0.39, 0.29) is 17.8 Å². The van der Waals surface area contributed by atoms with Crippen molar-refractivity contribution in [1.82, 2.24) is 0 Å². The predicted molar refractivity (Wildman–Crippen MR) is 96.5 cm³/mol. The number of anilines is 1. The quantitative estimate of drug-likeness (QED) is 0.810. The molecule has 1 aliphatic rings. The summed E-state index contributed by atoms with van der Waals surface area (Å²) >= 11 is 1.38. The Morgan fingerprint density at radius 1 is 1.25 bits per heavy atom. The summed E-state index contributed by atoms with van der Waals surface area (Å²) in [5.74, 6) is -0.304. The molecular formula is C19H21NO3S. The smallest absolute Gasteiger partial charge is 0.341 e. The summed E-state index contributed by atoms with van der Waals surface area (Å²) in [5, 5.41) is 5.43. The number of aryl methyl sites for hydroxylation is 2. The molecule has 0 bridgehead atoms. The third-order valence-corrected chi connectivity index (χ3v) is 5.03. The molecule has 0 atom stereocenters. The van der Waals surface area contributed by atoms with E-state index in [0.29, 0.717) is 17.2 Å². The van der Waals surface area contributed by atoms with E-state index in [1.807, 2.05) is 31.4 Å². The fraction of sp³-hybridized carbons (Fsp3) is 0.368. The third kappa shape index (κ3) is 3.36. The second kappa shape index (κ2) is 6.77. The number of thiophene rings is 1. The first-order chi connectivity index (χ1) is 11.5. The van der Waals surface area contributed by atoms with E-state index >= 15 is 0 Å². The Hall–Kier alpha value is -2.14. The van der Waals surface area contributed by atoms with Gasteiger partial charge in [-0.1, -0.05) is 23.8 Å². The minimum absolute atomic E-state index is 0.00471. The molecule has 5 heteroatoms. The lowest BCUT2D eigenvalue weighted by Crippen LogP contribution is -2.16. The number of nitrogens with one attached hydrogen (secondary N) is 1. The van der Waals surface area contributed by atoms with Crippen molar-refractivity contribution in [3.8, 4) is 11.1 Å². The Morgan fingerprint density at radius 2 is 2.00 bits per heavy atom. The lowest BCUT2D eigenvalue weighted by atomic mass is 9.97. The van der Waals surface area contributed by atoms with Crippen LogP contribution in [0.5, 0.6) is 0 Å². The molecule has 1 amide bonds. The van der Waals surface area contributed by atoms with Crippen LogP contribution >= 0.6 is 11.3 Å². The number of esters is 1. The SMILES string of the molecule is CCOC(=O)c1c(-c2cc(C)ccc2C)csc1NC(=O)C1CC1. The molecular weight excluding hydrogens is 322 g/mol. The van der Waals surface area contributed by atoms with Gasteiger partial charge in [0.25, 0.3) is 0 Å². The Kier molecular flexibility index (Phi) is 4.71. The van der Waals surface area contributed by atoms with E-state index in [9.17, 15) is 9.59 Å². The zero-order valence-corrected chi connectivity index (χ0v) is 15.0. The molecule has 126 valence electrons. The summed E-state index contributed by atoms with van der Waals surface area (Å²) in [6.45, 7) is 6.13. The van der Waals surface area contributed by atoms with E-state index in [4.69, 9.17) is 4.74 Å². The topological polar surface area (TPSA) is 55.4 Å². The van der Waals surface area contributed by atoms with E-state index < -0.39 is 0 Å². The lowest BCUT2D eigenvalue weighted by Gasteiger charge is -2.11. The molecule has 24 heavy (non-hydrogen) atoms. The largest absolute Gasteiger partial charge is 0.462 e. The molecule has 1 aromatic heterocycles. The number of carbonyl (C=O) groups excluding carboxylic acids is 2. The number of ether oxygens (including phenoxy) is 1. The maximum absolute atomic E-state index is 12.5. The van der Waals surface area contributed by atoms with Crippen LogP contribution in [0, 0.1) is 19.8 Å². The molecule has 1 aromatic carbocycles. The highest BCUT2D eigenvalue weighted by molar-refractivity contribution is 7.15. The van der Waals surface area contributed by atoms with Crippen LogP contribution in [0.2, 0.25) is 0 Å². The van der Waals surface area contributed by atoms with Gasteiger partial charge in [-0.15, -0.1) is 11.3 Å². The van der Waals surface area contributed by atoms with Crippen molar-refractivity contribution < 1.29 is 14.3 Å². The molecule has 1 saturated carbocycles. The highest BCUT2D eigenvalue weighted by Gasteiger charge is 2.31. The molecule has 0 saturated heterocycles. The van der Waals surface area contributed by atoms with Gasteiger partial charge >= 0.3 is 5.97 Å². The molecule has 0 unspecified atom stereocenters. The van der Waals surface area contributed by atoms with Crippen molar-refractivity contribution >= 4 is 28.2 Å². The van der Waals surface area contributed by atoms with E-state index in [1.165, 1.54) is 11.3 Å². The first-order valence-electron chi connectivity index (χ1n) is 8.18. The van der Waals surface area contributed by atoms with E-state index in [2.05, 4.69) is 11.4 Å². The third-order valence-electron chi connectivity index (χ3n) is 4.14. The van der Waals surface area contributed by atoms with Crippen LogP contribution in [0.3, 0.4) is 0 Å². The Balaban J connectivity index is 2.04. The van der Waals surface area contributed by atoms with Crippen molar-refractivity contribution in [1.29, 1.82) is 0 Å². The van der Waals surface area contributed by atoms with E-state index in [1.54, 1.807) is 6.92 Å². The number of carbonyl (C=O) groups is 2. The van der Waals surface area contributed by atoms with Crippen molar-refractivity contribution in [3.05, 3.63) is 40.3 Å². The summed E-state index contributed by atoms with van der Waals surface area (Å²) in [5.41, 5.74) is 4.50. The van der Waals surface area contributed by atoms with Gasteiger partial charge in [0.15, 0.2) is 0 Å². The summed E-state index contributed by atoms with van der Waals surface area (Å²) in [6.07, 6.45) is 1.85. The van der Waals surface area contributed by atoms with Gasteiger partial charge in [0.05, 0.1) is 6.61 Å². The molecule has 1 N–H and O–H groups in total. The fourth-order valence-corrected chi connectivity index (χ4v) is 3.59. The molecule has 1 heterocycles. The zero-order chi connectivity index (χ0) is 17.3. The van der Waals surface area contributed by atoms with Gasteiger partial charge in [0, 0.05) is 16.9 Å². The highest BCUT2D eigenvalue weighted by atomic mass is 32.1. The van der Waals surface area contributed by atoms with Crippen LogP contribution in [0.15, 0.2) is 23.6 Å². The van der Waals surface area contributed by atoms with Crippen LogP contribution in [-0.2, 0) is 9.53 Å². The second-order valence-corrected chi connectivity index (χ2v) is 7.04. The van der Waals surface area contributed by atoms with Gasteiger partial charge in [-0.3, -0.25) is 4.79 Å². The molecule has 4 nitrogen and oxygen atoms in total. The molecule has 0 radical (unpaired) electrons. The average Bonchev–Trinajstić information content (AvgIpc) is 3.32. The second-order valence-electron chi connectivity index (χ2n) is 6.16. The van der Waals surface area contributed by atoms with Gasteiger partial charge in [-0.25, -0.2) is 4.79 Å². The summed E-state index contributed by atoms with van der Waals surface area (Å²) in [4.78, 5) is 24.6. The molecule has 3 rings (SSSR count). The van der Waals surface area contributed by atoms with Crippen LogP contribution in [0.25, 0.3) is 11.1 Å². The molecule has 2 aromatic rings. The van der Waals surface area contributed by atoms with Gasteiger partial charge in [-0.05, 0) is 44.7 Å². The maximum atomic E-state index is 12.5. The van der Waals surface area contributed by atoms with Crippen LogP contribution < -0.4 is 5.32 Å². The lowest BCUT2D eigenvalue weighted by molar-refractivity contribution is -0.117. The molecule has 0 spiro atoms. The number of amides is 1. The maximum Gasteiger partial charge on any atom is 0.341 e. The number of hydrogen-bond acceptors (Lipinski definition) is 4. The number of hydrogen-bond donors (Lipinski definition) is 1. The minimum Gasteiger partial charge on any atom is -0.462 e. The first-order valence-corrected chi connectivity index (χ1v) is 9.06. The predicted octanol–water partition coefficient (Wildman–Crippen LogP) is 4.56. The van der Waals surface area contributed by atoms with Gasteiger partial charge < -0.3 is 10.1 Å². The molecule has 0 aliphatic heterocycles. The standard InChI is InChI=1S/C19H21NO3S/c1-4-23-19(22)16-15(14-9-11(2)5-6-12(14)3)10-24-18(16)20-17(21)13-7-8-13/h5-6,9-10,13H,4,7-8H2,1-3H3,(H,20,21). The summed E-state index contributed by atoms with van der Waals surface area (Å²) < 4.78 is 5.23. The first kappa shape index (κ1) is 16.7. The minimum atomic E-state index is -0.388. The van der Waals surface area contributed by atoms with E-state index in [0.717, 1.165) is 35.1 Å².